The van der Waals surface area contributed by atoms with Crippen LogP contribution in [0, 0.1) is 0 Å². The summed E-state index contributed by atoms with van der Waals surface area (Å²) in [4.78, 5) is 40.2. The van der Waals surface area contributed by atoms with Gasteiger partial charge in [0.25, 0.3) is 0 Å². The first-order chi connectivity index (χ1) is 5.41. The average molecular weight is 498 g/mol. The minimum absolute atomic E-state index is 0. The zero-order chi connectivity index (χ0) is 10.9. The molecule has 178 valence electrons. The summed E-state index contributed by atoms with van der Waals surface area (Å²) >= 11 is 0. The van der Waals surface area contributed by atoms with Crippen molar-refractivity contribution in [1.82, 2.24) is 0 Å². The van der Waals surface area contributed by atoms with Crippen molar-refractivity contribution in [3.63, 3.8) is 0 Å². The van der Waals surface area contributed by atoms with Crippen molar-refractivity contribution >= 4 is 53.0 Å². The molecule has 0 aliphatic rings. The van der Waals surface area contributed by atoms with Crippen molar-refractivity contribution in [2.75, 3.05) is 0 Å². The van der Waals surface area contributed by atoms with Gasteiger partial charge in [-0.2, -0.15) is 8.62 Å². The van der Waals surface area contributed by atoms with Gasteiger partial charge in [0.05, 0.1) is 0 Å². The van der Waals surface area contributed by atoms with Gasteiger partial charge in [0.1, 0.15) is 0 Å². The summed E-state index contributed by atoms with van der Waals surface area (Å²) in [5.41, 5.74) is 0. The molecule has 0 amide bonds. The van der Waals surface area contributed by atoms with Gasteiger partial charge in [0.2, 0.25) is 0 Å². The topological polar surface area (TPSA) is 549 Å². The van der Waals surface area contributed by atoms with Gasteiger partial charge >= 0.3 is 53.0 Å². The maximum atomic E-state index is 10.4. The molecule has 29 N–H and O–H groups in total. The number of hydrogen-bond donors (Lipinski definition) is 5. The molecule has 0 fully saturated rings. The number of phosphoric acid groups is 3. The molecule has 0 bridgehead atoms. The van der Waals surface area contributed by atoms with E-state index in [9.17, 15) is 13.7 Å². The summed E-state index contributed by atoms with van der Waals surface area (Å²) in [7, 11) is -16.2. The van der Waals surface area contributed by atoms with Gasteiger partial charge in [0.15, 0.2) is 0 Å². The molecule has 0 saturated heterocycles. The molecule has 26 heteroatoms. The molecular weight excluding hydrogens is 468 g/mol. The monoisotopic (exact) mass is 498 g/mol. The van der Waals surface area contributed by atoms with E-state index < -0.39 is 23.5 Å². The van der Waals surface area contributed by atoms with E-state index >= 15 is 0 Å². The average Bonchev–Trinajstić information content (AvgIpc) is 1.43. The molecule has 0 aliphatic carbocycles. The first kappa shape index (κ1) is 108. The third kappa shape index (κ3) is 85.4. The standard InChI is InChI=1S/Na.H5O10P3.12H2O.H/c;1-11(2,3)9-13(7,8)10-12(4,5)6;;;;;;;;;;;;;/h;(H,7,8)(H2,1,2,3)(H2,4,5,6);12*1H2;. The molecule has 0 atom stereocenters. The molecule has 0 spiro atoms. The Kier molecular flexibility index (Phi) is 153. The zero-order valence-corrected chi connectivity index (χ0v) is 14.3. The van der Waals surface area contributed by atoms with E-state index in [4.69, 9.17) is 24.5 Å². The van der Waals surface area contributed by atoms with Crippen LogP contribution in [0.1, 0.15) is 0 Å². The van der Waals surface area contributed by atoms with E-state index in [2.05, 4.69) is 8.62 Å². The summed E-state index contributed by atoms with van der Waals surface area (Å²) in [6, 6.07) is 0. The fourth-order valence-corrected chi connectivity index (χ4v) is 2.82. The summed E-state index contributed by atoms with van der Waals surface area (Å²) in [5.74, 6) is 0. The van der Waals surface area contributed by atoms with Crippen LogP contribution in [0.2, 0.25) is 0 Å². The summed E-state index contributed by atoms with van der Waals surface area (Å²) < 4.78 is 36.4. The molecule has 0 aliphatic heterocycles. The molecule has 0 aromatic heterocycles. The second kappa shape index (κ2) is 36.8. The Morgan fingerprint density at radius 3 is 0.615 bits per heavy atom. The molecular formula is H30NaO22P3. The predicted molar refractivity (Wildman–Crippen MR) is 86.6 cm³/mol. The van der Waals surface area contributed by atoms with Gasteiger partial charge < -0.3 is 90.2 Å². The molecule has 0 saturated carbocycles. The first-order valence-corrected chi connectivity index (χ1v) is 6.83. The SMILES string of the molecule is O.O.O.O.O.O.O.O.O.O.O.O.O=P(O)(O)OP(=O)(O)OP(=O)(O)O.[NaH]. The summed E-state index contributed by atoms with van der Waals surface area (Å²) in [6.07, 6.45) is 0. The second-order valence-electron chi connectivity index (χ2n) is 1.61. The molecule has 22 nitrogen and oxygen atoms in total. The zero-order valence-electron chi connectivity index (χ0n) is 11.6. The van der Waals surface area contributed by atoms with E-state index in [0.717, 1.165) is 0 Å². The van der Waals surface area contributed by atoms with E-state index in [1.807, 2.05) is 0 Å². The molecule has 0 aromatic rings. The minimum atomic E-state index is -5.46. The van der Waals surface area contributed by atoms with Crippen molar-refractivity contribution in [2.45, 2.75) is 0 Å². The Morgan fingerprint density at radius 2 is 0.538 bits per heavy atom. The van der Waals surface area contributed by atoms with Crippen LogP contribution in [0.5, 0.6) is 0 Å². The molecule has 0 radical (unpaired) electrons. The van der Waals surface area contributed by atoms with Gasteiger partial charge in [-0.25, -0.2) is 13.7 Å². The van der Waals surface area contributed by atoms with E-state index in [-0.39, 0.29) is 95.3 Å². The van der Waals surface area contributed by atoms with Gasteiger partial charge in [-0.05, 0) is 0 Å². The Hall–Kier alpha value is 0.930. The Bertz CT molecular complexity index is 281. The number of rotatable bonds is 4. The molecule has 26 heavy (non-hydrogen) atoms. The summed E-state index contributed by atoms with van der Waals surface area (Å²) in [6.45, 7) is 0. The fraction of sp³-hybridized carbons (Fsp3) is 0. The van der Waals surface area contributed by atoms with Crippen LogP contribution < -0.4 is 0 Å². The van der Waals surface area contributed by atoms with Crippen molar-refractivity contribution in [3.05, 3.63) is 0 Å². The van der Waals surface area contributed by atoms with E-state index in [1.165, 1.54) is 0 Å². The third-order valence-corrected chi connectivity index (χ3v) is 3.77. The fourth-order valence-electron chi connectivity index (χ4n) is 0.284. The van der Waals surface area contributed by atoms with Crippen LogP contribution in [-0.2, 0) is 22.3 Å². The molecule has 0 rings (SSSR count). The van der Waals surface area contributed by atoms with Crippen molar-refractivity contribution in [1.29, 1.82) is 0 Å². The van der Waals surface area contributed by atoms with E-state index in [1.54, 1.807) is 0 Å². The van der Waals surface area contributed by atoms with Crippen molar-refractivity contribution < 1.29 is 112 Å². The Morgan fingerprint density at radius 1 is 0.423 bits per heavy atom. The van der Waals surface area contributed by atoms with Crippen LogP contribution in [0.3, 0.4) is 0 Å². The molecule has 0 aromatic carbocycles. The van der Waals surface area contributed by atoms with Gasteiger partial charge in [-0.3, -0.25) is 0 Å². The molecule has 0 heterocycles. The quantitative estimate of drug-likeness (QED) is 0.180. The summed E-state index contributed by atoms with van der Waals surface area (Å²) in [5, 5.41) is 0. The van der Waals surface area contributed by atoms with Gasteiger partial charge in [-0.15, -0.1) is 0 Å². The van der Waals surface area contributed by atoms with Crippen LogP contribution in [0.4, 0.5) is 0 Å². The second-order valence-corrected chi connectivity index (χ2v) is 5.82. The van der Waals surface area contributed by atoms with Crippen LogP contribution in [-0.4, -0.2) is 120 Å². The Balaban J connectivity index is -0.00000000923. The van der Waals surface area contributed by atoms with Crippen molar-refractivity contribution in [3.8, 4) is 0 Å². The first-order valence-electron chi connectivity index (χ1n) is 2.28. The van der Waals surface area contributed by atoms with Gasteiger partial charge in [-0.1, -0.05) is 0 Å². The normalized spacial score (nSPS) is 7.27. The Labute approximate surface area is 165 Å². The predicted octanol–water partition coefficient (Wildman–Crippen LogP) is -11.2. The van der Waals surface area contributed by atoms with Crippen LogP contribution in [0.25, 0.3) is 0 Å². The van der Waals surface area contributed by atoms with E-state index in [0.29, 0.717) is 0 Å². The van der Waals surface area contributed by atoms with Crippen molar-refractivity contribution in [2.24, 2.45) is 0 Å². The number of hydrogen-bond acceptors (Lipinski definition) is 5. The molecule has 0 unspecified atom stereocenters. The maximum absolute atomic E-state index is 10.4. The van der Waals surface area contributed by atoms with Crippen LogP contribution in [0.15, 0.2) is 0 Å². The van der Waals surface area contributed by atoms with Gasteiger partial charge in [0, 0.05) is 0 Å². The third-order valence-electron chi connectivity index (χ3n) is 0.419. The van der Waals surface area contributed by atoms with Crippen LogP contribution >= 0.6 is 23.5 Å².